The van der Waals surface area contributed by atoms with E-state index in [4.69, 9.17) is 0 Å². The normalized spacial score (nSPS) is 28.7. The van der Waals surface area contributed by atoms with Gasteiger partial charge in [0.25, 0.3) is 0 Å². The second-order valence-electron chi connectivity index (χ2n) is 4.69. The van der Waals surface area contributed by atoms with Gasteiger partial charge in [-0.05, 0) is 25.5 Å². The number of amides is 2. The Balaban J connectivity index is 2.03. The molecule has 1 saturated carbocycles. The van der Waals surface area contributed by atoms with Crippen LogP contribution >= 0.6 is 0 Å². The van der Waals surface area contributed by atoms with Crippen LogP contribution in [-0.2, 0) is 9.59 Å². The largest absolute Gasteiger partial charge is 0.316 e. The van der Waals surface area contributed by atoms with E-state index in [-0.39, 0.29) is 23.7 Å². The minimum atomic E-state index is -0.0325. The first-order chi connectivity index (χ1) is 7.65. The Labute approximate surface area is 95.7 Å². The summed E-state index contributed by atoms with van der Waals surface area (Å²) in [6.07, 6.45) is 2.77. The van der Waals surface area contributed by atoms with Gasteiger partial charge in [-0.15, -0.1) is 0 Å². The number of hydrogen-bond donors (Lipinski definition) is 1. The van der Waals surface area contributed by atoms with E-state index in [9.17, 15) is 9.59 Å². The number of nitrogens with one attached hydrogen (secondary N) is 1. The lowest BCUT2D eigenvalue weighted by Gasteiger charge is -2.17. The van der Waals surface area contributed by atoms with Gasteiger partial charge in [-0.3, -0.25) is 14.5 Å². The van der Waals surface area contributed by atoms with E-state index in [1.807, 2.05) is 7.05 Å². The zero-order chi connectivity index (χ0) is 11.7. The Bertz CT molecular complexity index is 316. The van der Waals surface area contributed by atoms with Gasteiger partial charge >= 0.3 is 0 Å². The van der Waals surface area contributed by atoms with Crippen molar-refractivity contribution in [3.8, 4) is 0 Å². The number of carbonyl (C=O) groups excluding carboxylic acids is 2. The second-order valence-corrected chi connectivity index (χ2v) is 4.69. The van der Waals surface area contributed by atoms with Gasteiger partial charge in [-0.1, -0.05) is 13.0 Å². The van der Waals surface area contributed by atoms with Crippen molar-refractivity contribution in [1.82, 2.24) is 10.2 Å². The van der Waals surface area contributed by atoms with Gasteiger partial charge in [0.2, 0.25) is 11.8 Å². The van der Waals surface area contributed by atoms with Crippen LogP contribution in [0.3, 0.4) is 0 Å². The molecule has 1 N–H and O–H groups in total. The molecule has 1 heterocycles. The first kappa shape index (κ1) is 11.3. The minimum Gasteiger partial charge on any atom is -0.316 e. The predicted octanol–water partition coefficient (Wildman–Crippen LogP) is 0.547. The summed E-state index contributed by atoms with van der Waals surface area (Å²) in [5.41, 5.74) is 0.879. The summed E-state index contributed by atoms with van der Waals surface area (Å²) in [4.78, 5) is 25.4. The van der Waals surface area contributed by atoms with Gasteiger partial charge in [0.05, 0.1) is 18.4 Å². The average molecular weight is 222 g/mol. The fraction of sp³-hybridized carbons (Fsp3) is 0.667. The van der Waals surface area contributed by atoms with E-state index in [1.54, 1.807) is 0 Å². The predicted molar refractivity (Wildman–Crippen MR) is 60.6 cm³/mol. The molecule has 1 saturated heterocycles. The van der Waals surface area contributed by atoms with Crippen LogP contribution in [0.5, 0.6) is 0 Å². The topological polar surface area (TPSA) is 49.4 Å². The van der Waals surface area contributed by atoms with E-state index < -0.39 is 0 Å². The lowest BCUT2D eigenvalue weighted by Crippen LogP contribution is -2.34. The van der Waals surface area contributed by atoms with Crippen LogP contribution in [0.25, 0.3) is 0 Å². The summed E-state index contributed by atoms with van der Waals surface area (Å²) in [6.45, 7) is 4.89. The van der Waals surface area contributed by atoms with Crippen LogP contribution in [-0.4, -0.2) is 36.9 Å². The zero-order valence-corrected chi connectivity index (χ0v) is 9.66. The summed E-state index contributed by atoms with van der Waals surface area (Å²) < 4.78 is 0. The number of nitrogens with zero attached hydrogens (tertiary/aromatic N) is 1. The van der Waals surface area contributed by atoms with E-state index in [0.717, 1.165) is 24.8 Å². The standard InChI is InChI=1S/C12H18N2O2/c1-8(6-13-2)7-14-11(15)9-4-3-5-10(9)12(14)16/h9-10,13H,1,3-7H2,2H3. The molecule has 1 aliphatic carbocycles. The van der Waals surface area contributed by atoms with Gasteiger partial charge in [0, 0.05) is 6.54 Å². The Kier molecular flexibility index (Phi) is 3.10. The highest BCUT2D eigenvalue weighted by molar-refractivity contribution is 6.05. The number of rotatable bonds is 4. The molecule has 2 atom stereocenters. The van der Waals surface area contributed by atoms with Crippen LogP contribution in [0, 0.1) is 11.8 Å². The SMILES string of the molecule is C=C(CNC)CN1C(=O)C2CCCC2C1=O. The van der Waals surface area contributed by atoms with Crippen LogP contribution < -0.4 is 5.32 Å². The van der Waals surface area contributed by atoms with Gasteiger partial charge in [-0.25, -0.2) is 0 Å². The number of likely N-dealkylation sites (N-methyl/N-ethyl adjacent to an activating group) is 1. The molecule has 0 spiro atoms. The lowest BCUT2D eigenvalue weighted by atomic mass is 10.00. The number of likely N-dealkylation sites (tertiary alicyclic amines) is 1. The third-order valence-electron chi connectivity index (χ3n) is 3.49. The summed E-state index contributed by atoms with van der Waals surface area (Å²) in [5, 5.41) is 2.97. The number of hydrogen-bond acceptors (Lipinski definition) is 3. The fourth-order valence-corrected chi connectivity index (χ4v) is 2.75. The average Bonchev–Trinajstić information content (AvgIpc) is 2.79. The minimum absolute atomic E-state index is 0.0183. The summed E-state index contributed by atoms with van der Waals surface area (Å²) in [7, 11) is 1.83. The highest BCUT2D eigenvalue weighted by Gasteiger charge is 2.49. The summed E-state index contributed by atoms with van der Waals surface area (Å²) in [5.74, 6) is -0.0284. The molecular weight excluding hydrogens is 204 g/mol. The third-order valence-corrected chi connectivity index (χ3v) is 3.49. The molecule has 2 rings (SSSR count). The van der Waals surface area contributed by atoms with Crippen molar-refractivity contribution in [1.29, 1.82) is 0 Å². The van der Waals surface area contributed by atoms with E-state index in [0.29, 0.717) is 13.1 Å². The molecule has 1 aliphatic heterocycles. The quantitative estimate of drug-likeness (QED) is 0.558. The smallest absolute Gasteiger partial charge is 0.233 e. The molecule has 88 valence electrons. The van der Waals surface area contributed by atoms with Crippen molar-refractivity contribution >= 4 is 11.8 Å². The van der Waals surface area contributed by atoms with Crippen LogP contribution in [0.2, 0.25) is 0 Å². The molecule has 0 radical (unpaired) electrons. The maximum absolute atomic E-state index is 12.0. The Hall–Kier alpha value is -1.16. The molecule has 4 heteroatoms. The maximum Gasteiger partial charge on any atom is 0.233 e. The second kappa shape index (κ2) is 4.37. The number of fused-ring (bicyclic) bond motifs is 1. The first-order valence-corrected chi connectivity index (χ1v) is 5.81. The summed E-state index contributed by atoms with van der Waals surface area (Å²) >= 11 is 0. The lowest BCUT2D eigenvalue weighted by molar-refractivity contribution is -0.139. The highest BCUT2D eigenvalue weighted by atomic mass is 16.2. The van der Waals surface area contributed by atoms with Crippen molar-refractivity contribution in [3.05, 3.63) is 12.2 Å². The molecule has 2 fully saturated rings. The van der Waals surface area contributed by atoms with Gasteiger partial charge in [-0.2, -0.15) is 0 Å². The molecule has 0 bridgehead atoms. The number of carbonyl (C=O) groups is 2. The zero-order valence-electron chi connectivity index (χ0n) is 9.66. The van der Waals surface area contributed by atoms with Crippen molar-refractivity contribution in [2.75, 3.05) is 20.1 Å². The Morgan fingerprint density at radius 3 is 2.44 bits per heavy atom. The molecule has 0 aromatic carbocycles. The third kappa shape index (κ3) is 1.78. The van der Waals surface area contributed by atoms with Gasteiger partial charge in [0.15, 0.2) is 0 Å². The number of imide groups is 1. The van der Waals surface area contributed by atoms with Crippen molar-refractivity contribution in [2.24, 2.45) is 11.8 Å². The molecule has 0 aromatic heterocycles. The fourth-order valence-electron chi connectivity index (χ4n) is 2.75. The molecule has 2 aliphatic rings. The molecule has 2 unspecified atom stereocenters. The van der Waals surface area contributed by atoms with E-state index in [2.05, 4.69) is 11.9 Å². The molecule has 0 aromatic rings. The molecule has 16 heavy (non-hydrogen) atoms. The maximum atomic E-state index is 12.0. The molecular formula is C12H18N2O2. The highest BCUT2D eigenvalue weighted by Crippen LogP contribution is 2.39. The Morgan fingerprint density at radius 2 is 1.94 bits per heavy atom. The van der Waals surface area contributed by atoms with Crippen LogP contribution in [0.15, 0.2) is 12.2 Å². The van der Waals surface area contributed by atoms with Crippen molar-refractivity contribution in [3.63, 3.8) is 0 Å². The summed E-state index contributed by atoms with van der Waals surface area (Å²) in [6, 6.07) is 0. The van der Waals surface area contributed by atoms with Crippen molar-refractivity contribution in [2.45, 2.75) is 19.3 Å². The van der Waals surface area contributed by atoms with Crippen LogP contribution in [0.4, 0.5) is 0 Å². The van der Waals surface area contributed by atoms with Crippen LogP contribution in [0.1, 0.15) is 19.3 Å². The van der Waals surface area contributed by atoms with Gasteiger partial charge in [0.1, 0.15) is 0 Å². The monoisotopic (exact) mass is 222 g/mol. The molecule has 4 nitrogen and oxygen atoms in total. The Morgan fingerprint density at radius 1 is 1.38 bits per heavy atom. The molecule has 2 amide bonds. The first-order valence-electron chi connectivity index (χ1n) is 5.81. The van der Waals surface area contributed by atoms with E-state index >= 15 is 0 Å². The van der Waals surface area contributed by atoms with Gasteiger partial charge < -0.3 is 5.32 Å². The van der Waals surface area contributed by atoms with Crippen molar-refractivity contribution < 1.29 is 9.59 Å². The van der Waals surface area contributed by atoms with E-state index in [1.165, 1.54) is 4.90 Å².